The Bertz CT molecular complexity index is 594. The van der Waals surface area contributed by atoms with Crippen molar-refractivity contribution >= 4 is 11.6 Å². The van der Waals surface area contributed by atoms with Gasteiger partial charge >= 0.3 is 0 Å². The summed E-state index contributed by atoms with van der Waals surface area (Å²) >= 11 is 0. The minimum atomic E-state index is -0.216. The van der Waals surface area contributed by atoms with Gasteiger partial charge in [0.15, 0.2) is 6.61 Å². The van der Waals surface area contributed by atoms with E-state index in [1.165, 1.54) is 0 Å². The largest absolute Gasteiger partial charge is 0.494 e. The molecule has 0 bridgehead atoms. The van der Waals surface area contributed by atoms with Gasteiger partial charge in [0.25, 0.3) is 5.91 Å². The number of nitrogens with one attached hydrogen (secondary N) is 1. The van der Waals surface area contributed by atoms with E-state index in [4.69, 9.17) is 15.2 Å². The summed E-state index contributed by atoms with van der Waals surface area (Å²) in [4.78, 5) is 11.8. The smallest absolute Gasteiger partial charge is 0.262 e. The molecule has 0 aliphatic rings. The van der Waals surface area contributed by atoms with E-state index >= 15 is 0 Å². The second kappa shape index (κ2) is 8.05. The molecule has 0 heterocycles. The van der Waals surface area contributed by atoms with Crippen molar-refractivity contribution in [2.24, 2.45) is 5.73 Å². The highest BCUT2D eigenvalue weighted by molar-refractivity contribution is 5.91. The molecule has 0 spiro atoms. The average Bonchev–Trinajstić information content (AvgIpc) is 2.55. The van der Waals surface area contributed by atoms with Crippen LogP contribution in [-0.2, 0) is 11.3 Å². The van der Waals surface area contributed by atoms with E-state index in [0.717, 1.165) is 11.3 Å². The van der Waals surface area contributed by atoms with Gasteiger partial charge in [-0.05, 0) is 48.9 Å². The second-order valence-corrected chi connectivity index (χ2v) is 4.64. The monoisotopic (exact) mass is 300 g/mol. The highest BCUT2D eigenvalue weighted by Crippen LogP contribution is 2.16. The Kier molecular flexibility index (Phi) is 5.80. The minimum Gasteiger partial charge on any atom is -0.494 e. The van der Waals surface area contributed by atoms with E-state index < -0.39 is 0 Å². The lowest BCUT2D eigenvalue weighted by Crippen LogP contribution is -2.20. The van der Waals surface area contributed by atoms with E-state index in [2.05, 4.69) is 5.32 Å². The summed E-state index contributed by atoms with van der Waals surface area (Å²) in [6, 6.07) is 14.5. The van der Waals surface area contributed by atoms with Crippen molar-refractivity contribution in [3.63, 3.8) is 0 Å². The lowest BCUT2D eigenvalue weighted by molar-refractivity contribution is -0.118. The van der Waals surface area contributed by atoms with Crippen molar-refractivity contribution in [2.45, 2.75) is 13.5 Å². The predicted octanol–water partition coefficient (Wildman–Crippen LogP) is 2.56. The number of carbonyl (C=O) groups excluding carboxylic acids is 1. The molecule has 1 amide bonds. The molecule has 116 valence electrons. The molecule has 0 saturated heterocycles. The summed E-state index contributed by atoms with van der Waals surface area (Å²) in [5.41, 5.74) is 7.25. The van der Waals surface area contributed by atoms with Gasteiger partial charge in [0.2, 0.25) is 0 Å². The van der Waals surface area contributed by atoms with Crippen LogP contribution < -0.4 is 20.5 Å². The second-order valence-electron chi connectivity index (χ2n) is 4.64. The molecule has 5 nitrogen and oxygen atoms in total. The van der Waals surface area contributed by atoms with Gasteiger partial charge in [-0.1, -0.05) is 12.1 Å². The average molecular weight is 300 g/mol. The molecule has 0 fully saturated rings. The van der Waals surface area contributed by atoms with Crippen LogP contribution in [0.15, 0.2) is 48.5 Å². The summed E-state index contributed by atoms with van der Waals surface area (Å²) in [5.74, 6) is 1.20. The normalized spacial score (nSPS) is 10.1. The molecule has 2 aromatic carbocycles. The molecular weight excluding hydrogens is 280 g/mol. The number of rotatable bonds is 7. The van der Waals surface area contributed by atoms with Crippen molar-refractivity contribution in [1.82, 2.24) is 0 Å². The number of nitrogens with two attached hydrogens (primary N) is 1. The van der Waals surface area contributed by atoms with Crippen LogP contribution >= 0.6 is 0 Å². The van der Waals surface area contributed by atoms with E-state index in [0.29, 0.717) is 24.6 Å². The Morgan fingerprint density at radius 3 is 2.18 bits per heavy atom. The summed E-state index contributed by atoms with van der Waals surface area (Å²) in [5, 5.41) is 2.76. The van der Waals surface area contributed by atoms with Crippen molar-refractivity contribution in [3.05, 3.63) is 54.1 Å². The predicted molar refractivity (Wildman–Crippen MR) is 86.1 cm³/mol. The number of hydrogen-bond acceptors (Lipinski definition) is 4. The zero-order valence-corrected chi connectivity index (χ0v) is 12.5. The number of anilines is 1. The molecule has 5 heteroatoms. The van der Waals surface area contributed by atoms with Crippen LogP contribution in [-0.4, -0.2) is 19.1 Å². The summed E-state index contributed by atoms with van der Waals surface area (Å²) < 4.78 is 10.8. The highest BCUT2D eigenvalue weighted by Gasteiger charge is 2.04. The van der Waals surface area contributed by atoms with E-state index in [1.807, 2.05) is 31.2 Å². The van der Waals surface area contributed by atoms with Gasteiger partial charge in [-0.15, -0.1) is 0 Å². The number of benzene rings is 2. The van der Waals surface area contributed by atoms with Gasteiger partial charge in [-0.2, -0.15) is 0 Å². The molecule has 0 radical (unpaired) electrons. The van der Waals surface area contributed by atoms with E-state index in [9.17, 15) is 4.79 Å². The zero-order chi connectivity index (χ0) is 15.8. The van der Waals surface area contributed by atoms with Crippen molar-refractivity contribution < 1.29 is 14.3 Å². The van der Waals surface area contributed by atoms with Gasteiger partial charge in [-0.25, -0.2) is 0 Å². The topological polar surface area (TPSA) is 73.6 Å². The maximum absolute atomic E-state index is 11.8. The van der Waals surface area contributed by atoms with Crippen LogP contribution in [0.1, 0.15) is 12.5 Å². The zero-order valence-electron chi connectivity index (χ0n) is 12.5. The molecule has 2 aromatic rings. The third-order valence-corrected chi connectivity index (χ3v) is 2.98. The van der Waals surface area contributed by atoms with Crippen molar-refractivity contribution in [2.75, 3.05) is 18.5 Å². The molecule has 0 aliphatic carbocycles. The Balaban J connectivity index is 1.81. The van der Waals surface area contributed by atoms with Crippen molar-refractivity contribution in [3.8, 4) is 11.5 Å². The number of carbonyl (C=O) groups is 1. The third kappa shape index (κ3) is 4.79. The summed E-state index contributed by atoms with van der Waals surface area (Å²) in [6.07, 6.45) is 0. The fourth-order valence-electron chi connectivity index (χ4n) is 1.87. The van der Waals surface area contributed by atoms with Crippen LogP contribution in [0.2, 0.25) is 0 Å². The highest BCUT2D eigenvalue weighted by atomic mass is 16.5. The van der Waals surface area contributed by atoms with Gasteiger partial charge in [0.1, 0.15) is 11.5 Å². The molecule has 0 saturated carbocycles. The molecular formula is C17H20N2O3. The van der Waals surface area contributed by atoms with Crippen LogP contribution in [0.5, 0.6) is 11.5 Å². The summed E-state index contributed by atoms with van der Waals surface area (Å²) in [7, 11) is 0. The first-order valence-corrected chi connectivity index (χ1v) is 7.15. The van der Waals surface area contributed by atoms with Gasteiger partial charge in [-0.3, -0.25) is 4.79 Å². The Labute approximate surface area is 130 Å². The maximum atomic E-state index is 11.8. The van der Waals surface area contributed by atoms with E-state index in [1.54, 1.807) is 24.3 Å². The first kappa shape index (κ1) is 15.9. The lowest BCUT2D eigenvalue weighted by atomic mass is 10.2. The Morgan fingerprint density at radius 1 is 1.00 bits per heavy atom. The van der Waals surface area contributed by atoms with Crippen LogP contribution in [0.3, 0.4) is 0 Å². The van der Waals surface area contributed by atoms with Gasteiger partial charge in [0, 0.05) is 12.2 Å². The fraction of sp³-hybridized carbons (Fsp3) is 0.235. The summed E-state index contributed by atoms with van der Waals surface area (Å²) in [6.45, 7) is 2.98. The number of ether oxygens (including phenoxy) is 2. The quantitative estimate of drug-likeness (QED) is 0.824. The first-order valence-electron chi connectivity index (χ1n) is 7.15. The molecule has 0 aromatic heterocycles. The van der Waals surface area contributed by atoms with Crippen LogP contribution in [0, 0.1) is 0 Å². The molecule has 0 atom stereocenters. The first-order chi connectivity index (χ1) is 10.7. The maximum Gasteiger partial charge on any atom is 0.262 e. The number of hydrogen-bond donors (Lipinski definition) is 2. The molecule has 0 unspecified atom stereocenters. The molecule has 0 aliphatic heterocycles. The molecule has 22 heavy (non-hydrogen) atoms. The number of amides is 1. The standard InChI is InChI=1S/C17H20N2O3/c1-2-21-15-9-5-14(6-10-15)19-17(20)12-22-16-7-3-13(11-18)4-8-16/h3-10H,2,11-12,18H2,1H3,(H,19,20). The van der Waals surface area contributed by atoms with Gasteiger partial charge < -0.3 is 20.5 Å². The lowest BCUT2D eigenvalue weighted by Gasteiger charge is -2.09. The third-order valence-electron chi connectivity index (χ3n) is 2.98. The van der Waals surface area contributed by atoms with Crippen LogP contribution in [0.25, 0.3) is 0 Å². The molecule has 2 rings (SSSR count). The Hall–Kier alpha value is -2.53. The fourth-order valence-corrected chi connectivity index (χ4v) is 1.87. The van der Waals surface area contributed by atoms with E-state index in [-0.39, 0.29) is 12.5 Å². The Morgan fingerprint density at radius 2 is 1.59 bits per heavy atom. The van der Waals surface area contributed by atoms with Crippen LogP contribution in [0.4, 0.5) is 5.69 Å². The molecule has 3 N–H and O–H groups in total. The van der Waals surface area contributed by atoms with Crippen molar-refractivity contribution in [1.29, 1.82) is 0 Å². The minimum absolute atomic E-state index is 0.0464. The van der Waals surface area contributed by atoms with Gasteiger partial charge in [0.05, 0.1) is 6.61 Å². The SMILES string of the molecule is CCOc1ccc(NC(=O)COc2ccc(CN)cc2)cc1.